The summed E-state index contributed by atoms with van der Waals surface area (Å²) in [5.41, 5.74) is 6.47. The summed E-state index contributed by atoms with van der Waals surface area (Å²) in [6.07, 6.45) is 2.22. The molecule has 3 N–H and O–H groups in total. The van der Waals surface area contributed by atoms with E-state index in [1.807, 2.05) is 6.92 Å². The van der Waals surface area contributed by atoms with E-state index in [0.29, 0.717) is 17.8 Å². The lowest BCUT2D eigenvalue weighted by Gasteiger charge is -2.03. The molecule has 0 fully saturated rings. The molecule has 2 heterocycles. The van der Waals surface area contributed by atoms with Gasteiger partial charge in [-0.05, 0) is 6.42 Å². The second kappa shape index (κ2) is 4.53. The standard InChI is InChI=1S/C8H12N6O2S2/c1-3-5-6(4-14(2)12-5)13-18(15,16)8-11-10-7(9)17-8/h4,13H,3H2,1-2H3,(H2,9,10). The number of aryl methyl sites for hydroxylation is 2. The molecule has 0 saturated carbocycles. The molecule has 0 spiro atoms. The van der Waals surface area contributed by atoms with Crippen LogP contribution >= 0.6 is 11.3 Å². The molecule has 0 aliphatic carbocycles. The number of anilines is 2. The summed E-state index contributed by atoms with van der Waals surface area (Å²) in [6.45, 7) is 1.89. The molecule has 8 nitrogen and oxygen atoms in total. The Labute approximate surface area is 108 Å². The predicted molar refractivity (Wildman–Crippen MR) is 67.7 cm³/mol. The van der Waals surface area contributed by atoms with Gasteiger partial charge in [-0.25, -0.2) is 0 Å². The molecule has 0 amide bonds. The Hall–Kier alpha value is -1.68. The fourth-order valence-corrected chi connectivity index (χ4v) is 3.26. The molecule has 0 aliphatic rings. The second-order valence-corrected chi connectivity index (χ2v) is 6.39. The number of hydrogen-bond acceptors (Lipinski definition) is 7. The quantitative estimate of drug-likeness (QED) is 0.831. The van der Waals surface area contributed by atoms with Gasteiger partial charge in [0.2, 0.25) is 5.13 Å². The fraction of sp³-hybridized carbons (Fsp3) is 0.375. The number of nitrogen functional groups attached to an aromatic ring is 1. The zero-order chi connectivity index (χ0) is 13.3. The van der Waals surface area contributed by atoms with Gasteiger partial charge >= 0.3 is 0 Å². The molecule has 0 bridgehead atoms. The monoisotopic (exact) mass is 288 g/mol. The smallest absolute Gasteiger partial charge is 0.291 e. The summed E-state index contributed by atoms with van der Waals surface area (Å²) in [5, 5.41) is 11.2. The summed E-state index contributed by atoms with van der Waals surface area (Å²) >= 11 is 0.812. The maximum Gasteiger partial charge on any atom is 0.291 e. The third kappa shape index (κ3) is 2.43. The molecule has 2 aromatic heterocycles. The second-order valence-electron chi connectivity index (χ2n) is 3.53. The van der Waals surface area contributed by atoms with Crippen LogP contribution in [-0.2, 0) is 23.5 Å². The molecule has 18 heavy (non-hydrogen) atoms. The van der Waals surface area contributed by atoms with Crippen LogP contribution in [0.5, 0.6) is 0 Å². The average Bonchev–Trinajstić information content (AvgIpc) is 2.84. The van der Waals surface area contributed by atoms with E-state index >= 15 is 0 Å². The maximum atomic E-state index is 12.0. The average molecular weight is 288 g/mol. The minimum Gasteiger partial charge on any atom is -0.374 e. The number of sulfonamides is 1. The van der Waals surface area contributed by atoms with Crippen molar-refractivity contribution >= 4 is 32.2 Å². The van der Waals surface area contributed by atoms with E-state index < -0.39 is 10.0 Å². The van der Waals surface area contributed by atoms with Crippen LogP contribution in [0, 0.1) is 0 Å². The Morgan fingerprint density at radius 2 is 2.22 bits per heavy atom. The van der Waals surface area contributed by atoms with Crippen LogP contribution < -0.4 is 10.5 Å². The van der Waals surface area contributed by atoms with Gasteiger partial charge < -0.3 is 5.73 Å². The van der Waals surface area contributed by atoms with E-state index in [4.69, 9.17) is 5.73 Å². The highest BCUT2D eigenvalue weighted by Gasteiger charge is 2.21. The van der Waals surface area contributed by atoms with Crippen molar-refractivity contribution in [1.82, 2.24) is 20.0 Å². The van der Waals surface area contributed by atoms with Gasteiger partial charge in [0.25, 0.3) is 14.4 Å². The van der Waals surface area contributed by atoms with E-state index in [0.717, 1.165) is 11.3 Å². The van der Waals surface area contributed by atoms with Crippen LogP contribution in [0.3, 0.4) is 0 Å². The molecule has 2 aromatic rings. The van der Waals surface area contributed by atoms with Crippen LogP contribution in [0.2, 0.25) is 0 Å². The van der Waals surface area contributed by atoms with Gasteiger partial charge in [-0.15, -0.1) is 10.2 Å². The molecular weight excluding hydrogens is 276 g/mol. The molecule has 0 atom stereocenters. The highest BCUT2D eigenvalue weighted by Crippen LogP contribution is 2.22. The molecule has 2 rings (SSSR count). The first-order valence-electron chi connectivity index (χ1n) is 5.06. The Morgan fingerprint density at radius 3 is 2.78 bits per heavy atom. The largest absolute Gasteiger partial charge is 0.374 e. The first-order chi connectivity index (χ1) is 8.42. The molecule has 0 saturated heterocycles. The molecule has 10 heteroatoms. The van der Waals surface area contributed by atoms with Crippen LogP contribution in [0.4, 0.5) is 10.8 Å². The van der Waals surface area contributed by atoms with Gasteiger partial charge in [0.1, 0.15) is 0 Å². The number of aromatic nitrogens is 4. The van der Waals surface area contributed by atoms with Crippen LogP contribution in [0.1, 0.15) is 12.6 Å². The summed E-state index contributed by atoms with van der Waals surface area (Å²) in [7, 11) is -2.03. The summed E-state index contributed by atoms with van der Waals surface area (Å²) < 4.78 is 27.8. The first kappa shape index (κ1) is 12.8. The lowest BCUT2D eigenvalue weighted by Crippen LogP contribution is -2.13. The van der Waals surface area contributed by atoms with Crippen molar-refractivity contribution in [2.45, 2.75) is 17.7 Å². The Bertz CT molecular complexity index is 659. The minimum absolute atomic E-state index is 0.109. The van der Waals surface area contributed by atoms with Crippen molar-refractivity contribution in [2.24, 2.45) is 7.05 Å². The van der Waals surface area contributed by atoms with E-state index in [9.17, 15) is 8.42 Å². The summed E-state index contributed by atoms with van der Waals surface area (Å²) in [4.78, 5) is 0. The third-order valence-corrected chi connectivity index (χ3v) is 4.62. The topological polar surface area (TPSA) is 116 Å². The normalized spacial score (nSPS) is 11.7. The van der Waals surface area contributed by atoms with Crippen molar-refractivity contribution < 1.29 is 8.42 Å². The fourth-order valence-electron chi connectivity index (χ4n) is 1.40. The van der Waals surface area contributed by atoms with Gasteiger partial charge in [0.15, 0.2) is 0 Å². The van der Waals surface area contributed by atoms with Crippen molar-refractivity contribution in [2.75, 3.05) is 10.5 Å². The molecular formula is C8H12N6O2S2. The highest BCUT2D eigenvalue weighted by molar-refractivity contribution is 7.94. The highest BCUT2D eigenvalue weighted by atomic mass is 32.2. The summed E-state index contributed by atoms with van der Waals surface area (Å²) in [5.74, 6) is 0. The predicted octanol–water partition coefficient (Wildman–Crippen LogP) is 0.217. The number of nitrogens with one attached hydrogen (secondary N) is 1. The lowest BCUT2D eigenvalue weighted by molar-refractivity contribution is 0.599. The Kier molecular flexibility index (Phi) is 3.22. The van der Waals surface area contributed by atoms with Gasteiger partial charge in [0.05, 0.1) is 11.4 Å². The van der Waals surface area contributed by atoms with Crippen molar-refractivity contribution in [3.05, 3.63) is 11.9 Å². The zero-order valence-electron chi connectivity index (χ0n) is 9.78. The van der Waals surface area contributed by atoms with Gasteiger partial charge in [-0.2, -0.15) is 13.5 Å². The Morgan fingerprint density at radius 1 is 1.50 bits per heavy atom. The number of rotatable bonds is 4. The minimum atomic E-state index is -3.75. The zero-order valence-corrected chi connectivity index (χ0v) is 11.4. The van der Waals surface area contributed by atoms with E-state index in [2.05, 4.69) is 20.0 Å². The SMILES string of the molecule is CCc1nn(C)cc1NS(=O)(=O)c1nnc(N)s1. The van der Waals surface area contributed by atoms with Crippen LogP contribution in [0.15, 0.2) is 10.5 Å². The maximum absolute atomic E-state index is 12.0. The molecule has 0 unspecified atom stereocenters. The van der Waals surface area contributed by atoms with Crippen LogP contribution in [0.25, 0.3) is 0 Å². The van der Waals surface area contributed by atoms with Crippen molar-refractivity contribution in [3.63, 3.8) is 0 Å². The third-order valence-electron chi connectivity index (χ3n) is 2.14. The van der Waals surface area contributed by atoms with E-state index in [1.54, 1.807) is 17.9 Å². The van der Waals surface area contributed by atoms with Crippen LogP contribution in [-0.4, -0.2) is 28.4 Å². The molecule has 0 radical (unpaired) electrons. The number of nitrogens with two attached hydrogens (primary N) is 1. The van der Waals surface area contributed by atoms with Crippen molar-refractivity contribution in [1.29, 1.82) is 0 Å². The van der Waals surface area contributed by atoms with E-state index in [1.165, 1.54) is 0 Å². The van der Waals surface area contributed by atoms with Gasteiger partial charge in [-0.1, -0.05) is 18.3 Å². The summed E-state index contributed by atoms with van der Waals surface area (Å²) in [6, 6.07) is 0. The first-order valence-corrected chi connectivity index (χ1v) is 7.36. The number of hydrogen-bond donors (Lipinski definition) is 2. The van der Waals surface area contributed by atoms with E-state index in [-0.39, 0.29) is 9.47 Å². The molecule has 0 aromatic carbocycles. The number of nitrogens with zero attached hydrogens (tertiary/aromatic N) is 4. The van der Waals surface area contributed by atoms with Crippen molar-refractivity contribution in [3.8, 4) is 0 Å². The lowest BCUT2D eigenvalue weighted by atomic mass is 10.3. The van der Waals surface area contributed by atoms with Gasteiger partial charge in [-0.3, -0.25) is 9.40 Å². The molecule has 0 aliphatic heterocycles. The molecule has 98 valence electrons. The Balaban J connectivity index is 2.33. The van der Waals surface area contributed by atoms with Gasteiger partial charge in [0, 0.05) is 13.2 Å².